The molecule has 2 fully saturated rings. The summed E-state index contributed by atoms with van der Waals surface area (Å²) in [5, 5.41) is 17.6. The molecule has 1 atom stereocenters. The second-order valence-electron chi connectivity index (χ2n) is 6.92. The average molecular weight is 338 g/mol. The Morgan fingerprint density at radius 1 is 1.28 bits per heavy atom. The molecule has 0 aromatic carbocycles. The Morgan fingerprint density at radius 3 is 2.84 bits per heavy atom. The van der Waals surface area contributed by atoms with Crippen LogP contribution in [-0.4, -0.2) is 43.8 Å². The van der Waals surface area contributed by atoms with Gasteiger partial charge in [0.1, 0.15) is 23.8 Å². The first-order valence-corrected chi connectivity index (χ1v) is 8.86. The SMILES string of the molecule is Cn1c(CN2CCC(Oc3ccc(C#N)cn3)C2)nnc1C1CCC1. The number of hydrogen-bond donors (Lipinski definition) is 0. The number of nitriles is 1. The van der Waals surface area contributed by atoms with Gasteiger partial charge >= 0.3 is 0 Å². The Labute approximate surface area is 147 Å². The molecule has 0 radical (unpaired) electrons. The van der Waals surface area contributed by atoms with Crippen LogP contribution in [0.1, 0.15) is 48.8 Å². The molecule has 0 N–H and O–H groups in total. The molecular formula is C18H22N6O. The summed E-state index contributed by atoms with van der Waals surface area (Å²) in [7, 11) is 2.08. The van der Waals surface area contributed by atoms with E-state index in [9.17, 15) is 0 Å². The number of rotatable bonds is 5. The van der Waals surface area contributed by atoms with Gasteiger partial charge in [0.15, 0.2) is 0 Å². The number of ether oxygens (including phenoxy) is 1. The molecule has 1 unspecified atom stereocenters. The van der Waals surface area contributed by atoms with Gasteiger partial charge < -0.3 is 9.30 Å². The lowest BCUT2D eigenvalue weighted by atomic mass is 9.85. The molecule has 1 saturated heterocycles. The lowest BCUT2D eigenvalue weighted by Crippen LogP contribution is -2.26. The molecule has 0 bridgehead atoms. The Kier molecular flexibility index (Phi) is 4.36. The standard InChI is InChI=1S/C18H22N6O/c1-23-16(21-22-18(23)14-3-2-4-14)12-24-8-7-15(11-24)25-17-6-5-13(9-19)10-20-17/h5-6,10,14-15H,2-4,7-8,11-12H2,1H3. The van der Waals surface area contributed by atoms with Crippen molar-refractivity contribution >= 4 is 0 Å². The molecule has 7 heteroatoms. The number of aromatic nitrogens is 4. The van der Waals surface area contributed by atoms with Gasteiger partial charge in [0.2, 0.25) is 5.88 Å². The molecule has 7 nitrogen and oxygen atoms in total. The van der Waals surface area contributed by atoms with Gasteiger partial charge in [-0.15, -0.1) is 10.2 Å². The van der Waals surface area contributed by atoms with Crippen molar-refractivity contribution in [1.29, 1.82) is 5.26 Å². The Morgan fingerprint density at radius 2 is 2.16 bits per heavy atom. The van der Waals surface area contributed by atoms with Crippen LogP contribution in [0.25, 0.3) is 0 Å². The van der Waals surface area contributed by atoms with Crippen molar-refractivity contribution in [3.05, 3.63) is 35.5 Å². The van der Waals surface area contributed by atoms with Crippen LogP contribution in [0.2, 0.25) is 0 Å². The van der Waals surface area contributed by atoms with E-state index in [1.807, 2.05) is 0 Å². The molecular weight excluding hydrogens is 316 g/mol. The summed E-state index contributed by atoms with van der Waals surface area (Å²) in [5.41, 5.74) is 0.546. The smallest absolute Gasteiger partial charge is 0.213 e. The van der Waals surface area contributed by atoms with Gasteiger partial charge in [0.05, 0.1) is 12.1 Å². The summed E-state index contributed by atoms with van der Waals surface area (Å²) >= 11 is 0. The van der Waals surface area contributed by atoms with Crippen LogP contribution in [0, 0.1) is 11.3 Å². The monoisotopic (exact) mass is 338 g/mol. The zero-order chi connectivity index (χ0) is 17.2. The van der Waals surface area contributed by atoms with Crippen molar-refractivity contribution in [2.45, 2.75) is 44.2 Å². The molecule has 1 saturated carbocycles. The van der Waals surface area contributed by atoms with E-state index in [0.29, 0.717) is 17.4 Å². The van der Waals surface area contributed by atoms with Gasteiger partial charge in [0, 0.05) is 38.3 Å². The minimum absolute atomic E-state index is 0.125. The maximum absolute atomic E-state index is 8.81. The molecule has 3 heterocycles. The molecule has 0 spiro atoms. The average Bonchev–Trinajstić information content (AvgIpc) is 3.16. The van der Waals surface area contributed by atoms with Gasteiger partial charge in [-0.3, -0.25) is 4.90 Å². The maximum Gasteiger partial charge on any atom is 0.213 e. The minimum atomic E-state index is 0.125. The summed E-state index contributed by atoms with van der Waals surface area (Å²) in [5.74, 6) is 3.34. The third kappa shape index (κ3) is 3.35. The van der Waals surface area contributed by atoms with E-state index in [1.54, 1.807) is 18.3 Å². The van der Waals surface area contributed by atoms with Crippen LogP contribution in [0.3, 0.4) is 0 Å². The van der Waals surface area contributed by atoms with E-state index < -0.39 is 0 Å². The molecule has 1 aliphatic carbocycles. The normalized spacial score (nSPS) is 21.0. The zero-order valence-electron chi connectivity index (χ0n) is 14.4. The minimum Gasteiger partial charge on any atom is -0.473 e. The Hall–Kier alpha value is -2.46. The van der Waals surface area contributed by atoms with E-state index >= 15 is 0 Å². The van der Waals surface area contributed by atoms with Crippen LogP contribution >= 0.6 is 0 Å². The Balaban J connectivity index is 1.33. The lowest BCUT2D eigenvalue weighted by molar-refractivity contribution is 0.189. The second-order valence-corrected chi connectivity index (χ2v) is 6.92. The zero-order valence-corrected chi connectivity index (χ0v) is 14.4. The number of nitrogens with zero attached hydrogens (tertiary/aromatic N) is 6. The highest BCUT2D eigenvalue weighted by molar-refractivity contribution is 5.28. The van der Waals surface area contributed by atoms with E-state index in [4.69, 9.17) is 10.00 Å². The summed E-state index contributed by atoms with van der Waals surface area (Å²) in [6.45, 7) is 2.64. The number of pyridine rings is 1. The fraction of sp³-hybridized carbons (Fsp3) is 0.556. The first kappa shape index (κ1) is 16.0. The first-order chi connectivity index (χ1) is 12.2. The summed E-state index contributed by atoms with van der Waals surface area (Å²) in [4.78, 5) is 6.54. The summed E-state index contributed by atoms with van der Waals surface area (Å²) in [6.07, 6.45) is 6.42. The quantitative estimate of drug-likeness (QED) is 0.829. The molecule has 130 valence electrons. The third-order valence-electron chi connectivity index (χ3n) is 5.22. The molecule has 2 aliphatic rings. The van der Waals surface area contributed by atoms with E-state index in [2.05, 4.69) is 37.8 Å². The fourth-order valence-corrected chi connectivity index (χ4v) is 3.46. The first-order valence-electron chi connectivity index (χ1n) is 8.86. The molecule has 0 amide bonds. The number of likely N-dealkylation sites (tertiary alicyclic amines) is 1. The summed E-state index contributed by atoms with van der Waals surface area (Å²) < 4.78 is 8.10. The van der Waals surface area contributed by atoms with Crippen LogP contribution < -0.4 is 4.74 Å². The van der Waals surface area contributed by atoms with Crippen molar-refractivity contribution in [3.63, 3.8) is 0 Å². The Bertz CT molecular complexity index is 774. The van der Waals surface area contributed by atoms with Crippen LogP contribution in [0.15, 0.2) is 18.3 Å². The molecule has 1 aliphatic heterocycles. The highest BCUT2D eigenvalue weighted by atomic mass is 16.5. The van der Waals surface area contributed by atoms with E-state index in [0.717, 1.165) is 37.7 Å². The van der Waals surface area contributed by atoms with Crippen LogP contribution in [0.4, 0.5) is 0 Å². The predicted molar refractivity (Wildman–Crippen MR) is 90.9 cm³/mol. The fourth-order valence-electron chi connectivity index (χ4n) is 3.46. The van der Waals surface area contributed by atoms with Crippen molar-refractivity contribution in [1.82, 2.24) is 24.6 Å². The van der Waals surface area contributed by atoms with Crippen LogP contribution in [0.5, 0.6) is 5.88 Å². The van der Waals surface area contributed by atoms with E-state index in [-0.39, 0.29) is 6.10 Å². The molecule has 4 rings (SSSR count). The maximum atomic E-state index is 8.81. The highest BCUT2D eigenvalue weighted by Crippen LogP contribution is 2.35. The van der Waals surface area contributed by atoms with Gasteiger partial charge in [-0.25, -0.2) is 4.98 Å². The van der Waals surface area contributed by atoms with Crippen LogP contribution in [-0.2, 0) is 13.6 Å². The topological polar surface area (TPSA) is 79.9 Å². The summed E-state index contributed by atoms with van der Waals surface area (Å²) in [6, 6.07) is 5.56. The van der Waals surface area contributed by atoms with Crippen molar-refractivity contribution < 1.29 is 4.74 Å². The van der Waals surface area contributed by atoms with Crippen molar-refractivity contribution in [2.75, 3.05) is 13.1 Å². The van der Waals surface area contributed by atoms with Gasteiger partial charge in [-0.1, -0.05) is 6.42 Å². The molecule has 2 aromatic rings. The van der Waals surface area contributed by atoms with Gasteiger partial charge in [-0.05, 0) is 25.3 Å². The van der Waals surface area contributed by atoms with Crippen molar-refractivity contribution in [2.24, 2.45) is 7.05 Å². The van der Waals surface area contributed by atoms with Crippen molar-refractivity contribution in [3.8, 4) is 11.9 Å². The van der Waals surface area contributed by atoms with Gasteiger partial charge in [-0.2, -0.15) is 5.26 Å². The molecule has 2 aromatic heterocycles. The highest BCUT2D eigenvalue weighted by Gasteiger charge is 2.28. The number of hydrogen-bond acceptors (Lipinski definition) is 6. The van der Waals surface area contributed by atoms with Gasteiger partial charge in [0.25, 0.3) is 0 Å². The second kappa shape index (κ2) is 6.81. The third-order valence-corrected chi connectivity index (χ3v) is 5.22. The largest absolute Gasteiger partial charge is 0.473 e. The predicted octanol–water partition coefficient (Wildman–Crippen LogP) is 2.00. The molecule has 25 heavy (non-hydrogen) atoms. The van der Waals surface area contributed by atoms with E-state index in [1.165, 1.54) is 19.3 Å². The lowest BCUT2D eigenvalue weighted by Gasteiger charge is -2.24.